The van der Waals surface area contributed by atoms with Crippen LogP contribution in [0.2, 0.25) is 0 Å². The number of rotatable bonds is 4. The molecule has 1 fully saturated rings. The third-order valence-corrected chi connectivity index (χ3v) is 3.69. The van der Waals surface area contributed by atoms with Crippen molar-refractivity contribution in [3.05, 3.63) is 16.3 Å². The number of thiophene rings is 1. The second-order valence-corrected chi connectivity index (χ2v) is 5.01. The fourth-order valence-corrected chi connectivity index (χ4v) is 2.62. The van der Waals surface area contributed by atoms with Gasteiger partial charge in [-0.15, -0.1) is 11.3 Å². The monoisotopic (exact) mass is 226 g/mol. The highest BCUT2D eigenvalue weighted by molar-refractivity contribution is 7.10. The summed E-state index contributed by atoms with van der Waals surface area (Å²) in [5, 5.41) is 5.49. The summed E-state index contributed by atoms with van der Waals surface area (Å²) in [6.45, 7) is 3.78. The summed E-state index contributed by atoms with van der Waals surface area (Å²) in [6, 6.07) is 1.96. The van der Waals surface area contributed by atoms with Crippen LogP contribution in [0.5, 0.6) is 0 Å². The second kappa shape index (κ2) is 5.49. The van der Waals surface area contributed by atoms with Crippen molar-refractivity contribution in [1.82, 2.24) is 5.32 Å². The van der Waals surface area contributed by atoms with E-state index in [-0.39, 0.29) is 0 Å². The van der Waals surface area contributed by atoms with Crippen LogP contribution in [0.1, 0.15) is 17.7 Å². The average molecular weight is 226 g/mol. The van der Waals surface area contributed by atoms with E-state index in [4.69, 9.17) is 10.5 Å². The third kappa shape index (κ3) is 3.19. The van der Waals surface area contributed by atoms with E-state index in [1.54, 1.807) is 11.3 Å². The van der Waals surface area contributed by atoms with Gasteiger partial charge in [-0.25, -0.2) is 0 Å². The second-order valence-electron chi connectivity index (χ2n) is 4.01. The number of hydrogen-bond acceptors (Lipinski definition) is 4. The van der Waals surface area contributed by atoms with Crippen LogP contribution in [0.25, 0.3) is 0 Å². The molecule has 15 heavy (non-hydrogen) atoms. The van der Waals surface area contributed by atoms with Crippen molar-refractivity contribution in [2.75, 3.05) is 25.5 Å². The van der Waals surface area contributed by atoms with Gasteiger partial charge in [0.2, 0.25) is 0 Å². The van der Waals surface area contributed by atoms with Gasteiger partial charge in [0.15, 0.2) is 0 Å². The Hall–Kier alpha value is -0.580. The molecule has 1 aliphatic rings. The van der Waals surface area contributed by atoms with E-state index >= 15 is 0 Å². The number of anilines is 1. The highest BCUT2D eigenvalue weighted by atomic mass is 32.1. The molecular weight excluding hydrogens is 208 g/mol. The fourth-order valence-electron chi connectivity index (χ4n) is 1.85. The summed E-state index contributed by atoms with van der Waals surface area (Å²) in [7, 11) is 0. The van der Waals surface area contributed by atoms with Gasteiger partial charge >= 0.3 is 0 Å². The molecule has 84 valence electrons. The van der Waals surface area contributed by atoms with Crippen molar-refractivity contribution >= 4 is 17.0 Å². The molecule has 0 radical (unpaired) electrons. The lowest BCUT2D eigenvalue weighted by Gasteiger charge is -2.22. The van der Waals surface area contributed by atoms with Crippen LogP contribution in [0.3, 0.4) is 0 Å². The lowest BCUT2D eigenvalue weighted by molar-refractivity contribution is 0.0548. The lowest BCUT2D eigenvalue weighted by Crippen LogP contribution is -2.28. The molecule has 0 aliphatic carbocycles. The van der Waals surface area contributed by atoms with Crippen molar-refractivity contribution in [2.45, 2.75) is 19.4 Å². The third-order valence-electron chi connectivity index (χ3n) is 2.75. The summed E-state index contributed by atoms with van der Waals surface area (Å²) in [4.78, 5) is 1.24. The molecule has 1 atom stereocenters. The molecule has 2 rings (SSSR count). The predicted octanol–water partition coefficient (Wildman–Crippen LogP) is 1.85. The molecule has 0 amide bonds. The normalized spacial score (nSPS) is 21.7. The first-order valence-corrected chi connectivity index (χ1v) is 6.34. The summed E-state index contributed by atoms with van der Waals surface area (Å²) in [5.41, 5.74) is 6.72. The van der Waals surface area contributed by atoms with E-state index in [1.165, 1.54) is 17.7 Å². The van der Waals surface area contributed by atoms with Crippen LogP contribution in [-0.4, -0.2) is 19.8 Å². The smallest absolute Gasteiger partial charge is 0.0506 e. The molecule has 0 saturated carbocycles. The predicted molar refractivity (Wildman–Crippen MR) is 64.0 cm³/mol. The van der Waals surface area contributed by atoms with Crippen molar-refractivity contribution in [3.63, 3.8) is 0 Å². The Balaban J connectivity index is 1.68. The van der Waals surface area contributed by atoms with Crippen LogP contribution in [0, 0.1) is 5.92 Å². The highest BCUT2D eigenvalue weighted by Crippen LogP contribution is 2.18. The van der Waals surface area contributed by atoms with Gasteiger partial charge in [-0.2, -0.15) is 0 Å². The fraction of sp³-hybridized carbons (Fsp3) is 0.636. The van der Waals surface area contributed by atoms with Gasteiger partial charge in [0.1, 0.15) is 0 Å². The van der Waals surface area contributed by atoms with Gasteiger partial charge in [0, 0.05) is 30.3 Å². The molecule has 0 bridgehead atoms. The van der Waals surface area contributed by atoms with Crippen molar-refractivity contribution in [3.8, 4) is 0 Å². The van der Waals surface area contributed by atoms with Gasteiger partial charge in [-0.1, -0.05) is 0 Å². The molecule has 1 aromatic heterocycles. The van der Waals surface area contributed by atoms with Crippen molar-refractivity contribution in [2.24, 2.45) is 5.92 Å². The zero-order valence-corrected chi connectivity index (χ0v) is 9.69. The Labute approximate surface area is 94.6 Å². The number of nitrogens with one attached hydrogen (secondary N) is 1. The van der Waals surface area contributed by atoms with Gasteiger partial charge < -0.3 is 15.8 Å². The maximum atomic E-state index is 5.81. The summed E-state index contributed by atoms with van der Waals surface area (Å²) in [6.07, 6.45) is 2.49. The maximum absolute atomic E-state index is 5.81. The molecule has 4 heteroatoms. The minimum atomic E-state index is 0.680. The molecule has 3 nitrogen and oxygen atoms in total. The van der Waals surface area contributed by atoms with Gasteiger partial charge in [-0.3, -0.25) is 0 Å². The van der Waals surface area contributed by atoms with Crippen LogP contribution >= 0.6 is 11.3 Å². The summed E-state index contributed by atoms with van der Waals surface area (Å²) in [5.74, 6) is 0.680. The first-order chi connectivity index (χ1) is 7.36. The SMILES string of the molecule is Nc1ccsc1CNCC1CCCOC1. The van der Waals surface area contributed by atoms with E-state index in [1.807, 2.05) is 11.4 Å². The van der Waals surface area contributed by atoms with Crippen LogP contribution in [0.15, 0.2) is 11.4 Å². The van der Waals surface area contributed by atoms with Crippen molar-refractivity contribution in [1.29, 1.82) is 0 Å². The highest BCUT2D eigenvalue weighted by Gasteiger charge is 2.13. The molecule has 1 saturated heterocycles. The van der Waals surface area contributed by atoms with E-state index in [2.05, 4.69) is 5.32 Å². The molecule has 3 N–H and O–H groups in total. The zero-order chi connectivity index (χ0) is 10.5. The Morgan fingerprint density at radius 1 is 1.60 bits per heavy atom. The van der Waals surface area contributed by atoms with E-state index in [0.29, 0.717) is 5.92 Å². The molecular formula is C11H18N2OS. The zero-order valence-electron chi connectivity index (χ0n) is 8.87. The first kappa shape index (κ1) is 10.9. The molecule has 1 aliphatic heterocycles. The Bertz CT molecular complexity index is 295. The van der Waals surface area contributed by atoms with Crippen molar-refractivity contribution < 1.29 is 4.74 Å². The Morgan fingerprint density at radius 3 is 3.20 bits per heavy atom. The Kier molecular flexibility index (Phi) is 4.00. The number of ether oxygens (including phenoxy) is 1. The van der Waals surface area contributed by atoms with Crippen LogP contribution in [-0.2, 0) is 11.3 Å². The standard InChI is InChI=1S/C11H18N2OS/c12-10-3-5-15-11(10)7-13-6-9-2-1-4-14-8-9/h3,5,9,13H,1-2,4,6-8,12H2. The number of nitrogen functional groups attached to an aromatic ring is 1. The van der Waals surface area contributed by atoms with Crippen LogP contribution in [0.4, 0.5) is 5.69 Å². The lowest BCUT2D eigenvalue weighted by atomic mass is 10.0. The van der Waals surface area contributed by atoms with Gasteiger partial charge in [0.05, 0.1) is 6.61 Å². The summed E-state index contributed by atoms with van der Waals surface area (Å²) < 4.78 is 5.43. The summed E-state index contributed by atoms with van der Waals surface area (Å²) >= 11 is 1.72. The average Bonchev–Trinajstić information content (AvgIpc) is 2.66. The van der Waals surface area contributed by atoms with Crippen LogP contribution < -0.4 is 11.1 Å². The number of hydrogen-bond donors (Lipinski definition) is 2. The van der Waals surface area contributed by atoms with E-state index in [0.717, 1.165) is 32.0 Å². The molecule has 0 spiro atoms. The molecule has 1 unspecified atom stereocenters. The molecule has 1 aromatic rings. The topological polar surface area (TPSA) is 47.3 Å². The van der Waals surface area contributed by atoms with E-state index < -0.39 is 0 Å². The molecule has 0 aromatic carbocycles. The Morgan fingerprint density at radius 2 is 2.53 bits per heavy atom. The van der Waals surface area contributed by atoms with Gasteiger partial charge in [-0.05, 0) is 30.2 Å². The molecule has 2 heterocycles. The maximum Gasteiger partial charge on any atom is 0.0506 e. The quantitative estimate of drug-likeness (QED) is 0.823. The largest absolute Gasteiger partial charge is 0.398 e. The minimum Gasteiger partial charge on any atom is -0.398 e. The van der Waals surface area contributed by atoms with E-state index in [9.17, 15) is 0 Å². The minimum absolute atomic E-state index is 0.680. The number of nitrogens with two attached hydrogens (primary N) is 1. The van der Waals surface area contributed by atoms with Gasteiger partial charge in [0.25, 0.3) is 0 Å². The first-order valence-electron chi connectivity index (χ1n) is 5.46.